The number of hydrazone groups is 1. The number of carbonyl (C=O) groups excluding carboxylic acids is 1. The Balaban J connectivity index is 1.83. The zero-order valence-electron chi connectivity index (χ0n) is 15.9. The molecule has 0 bridgehead atoms. The molecule has 2 aromatic carbocycles. The third-order valence-electron chi connectivity index (χ3n) is 4.76. The zero-order valence-corrected chi connectivity index (χ0v) is 17.4. The number of rotatable bonds is 5. The first kappa shape index (κ1) is 19.9. The molecule has 2 aliphatic rings. The van der Waals surface area contributed by atoms with Crippen molar-refractivity contribution in [2.24, 2.45) is 10.1 Å². The summed E-state index contributed by atoms with van der Waals surface area (Å²) in [6.07, 6.45) is 2.41. The minimum absolute atomic E-state index is 0.204. The number of carbonyl (C=O) groups is 1. The Morgan fingerprint density at radius 1 is 1.21 bits per heavy atom. The largest absolute Gasteiger partial charge is 0.298 e. The van der Waals surface area contributed by atoms with E-state index in [-0.39, 0.29) is 16.5 Å². The lowest BCUT2D eigenvalue weighted by molar-refractivity contribution is -0.116. The molecule has 2 aliphatic heterocycles. The van der Waals surface area contributed by atoms with Crippen LogP contribution in [0.25, 0.3) is 5.70 Å². The highest BCUT2D eigenvalue weighted by Gasteiger charge is 2.36. The fraction of sp³-hybridized carbons (Fsp3) is 0.286. The highest BCUT2D eigenvalue weighted by atomic mass is 35.5. The Morgan fingerprint density at radius 2 is 2.03 bits per heavy atom. The molecule has 0 aromatic heterocycles. The standard InChI is InChI=1S/C21H20ClFN4OS/c1-2-3-6-12-29-21-25-20(28)18-13-8-4-5-11-16(13)24-19(27(18)26-21)17-14(22)9-7-10-15(17)23/h4-5,7-11,19H,2-3,6,12H2,1H3,(H,25,26,28)/t19-/m0/s1. The van der Waals surface area contributed by atoms with Gasteiger partial charge in [-0.25, -0.2) is 9.40 Å². The molecule has 1 amide bonds. The van der Waals surface area contributed by atoms with E-state index < -0.39 is 12.0 Å². The van der Waals surface area contributed by atoms with Crippen molar-refractivity contribution in [1.29, 1.82) is 0 Å². The van der Waals surface area contributed by atoms with Gasteiger partial charge in [0, 0.05) is 11.0 Å². The van der Waals surface area contributed by atoms with Crippen LogP contribution in [-0.2, 0) is 4.79 Å². The van der Waals surface area contributed by atoms with Gasteiger partial charge in [-0.2, -0.15) is 0 Å². The molecule has 4 rings (SSSR count). The number of fused-ring (bicyclic) bond motifs is 2. The number of amides is 1. The molecule has 2 heterocycles. The van der Waals surface area contributed by atoms with Gasteiger partial charge in [0.15, 0.2) is 11.3 Å². The van der Waals surface area contributed by atoms with Gasteiger partial charge < -0.3 is 0 Å². The highest BCUT2D eigenvalue weighted by Crippen LogP contribution is 2.35. The molecule has 2 aromatic rings. The molecular weight excluding hydrogens is 411 g/mol. The molecule has 0 saturated heterocycles. The van der Waals surface area contributed by atoms with Crippen molar-refractivity contribution >= 4 is 40.1 Å². The van der Waals surface area contributed by atoms with Gasteiger partial charge in [0.25, 0.3) is 5.91 Å². The predicted molar refractivity (Wildman–Crippen MR) is 114 cm³/mol. The maximum Gasteiger partial charge on any atom is 0.276 e. The van der Waals surface area contributed by atoms with E-state index in [0.29, 0.717) is 21.4 Å². The molecule has 0 unspecified atom stereocenters. The molecular formula is C21H20ClFN4OS. The average Bonchev–Trinajstić information content (AvgIpc) is 2.71. The second-order valence-electron chi connectivity index (χ2n) is 6.76. The van der Waals surface area contributed by atoms with E-state index >= 15 is 0 Å². The molecule has 150 valence electrons. The first-order valence-electron chi connectivity index (χ1n) is 9.53. The molecule has 0 spiro atoms. The molecule has 0 radical (unpaired) electrons. The third-order valence-corrected chi connectivity index (χ3v) is 6.04. The maximum absolute atomic E-state index is 14.7. The first-order valence-corrected chi connectivity index (χ1v) is 10.9. The number of unbranched alkanes of at least 4 members (excludes halogenated alkanes) is 2. The summed E-state index contributed by atoms with van der Waals surface area (Å²) >= 11 is 7.80. The molecule has 1 atom stereocenters. The van der Waals surface area contributed by atoms with Crippen LogP contribution in [0, 0.1) is 5.82 Å². The first-order chi connectivity index (χ1) is 14.1. The summed E-state index contributed by atoms with van der Waals surface area (Å²) in [6, 6.07) is 11.8. The fourth-order valence-electron chi connectivity index (χ4n) is 3.36. The number of nitrogens with one attached hydrogen (secondary N) is 1. The van der Waals surface area contributed by atoms with E-state index in [4.69, 9.17) is 11.6 Å². The van der Waals surface area contributed by atoms with Crippen molar-refractivity contribution in [2.45, 2.75) is 32.4 Å². The number of hydrogen-bond donors (Lipinski definition) is 1. The van der Waals surface area contributed by atoms with Crippen molar-refractivity contribution in [1.82, 2.24) is 10.3 Å². The minimum Gasteiger partial charge on any atom is -0.298 e. The van der Waals surface area contributed by atoms with Gasteiger partial charge >= 0.3 is 0 Å². The number of para-hydroxylation sites is 1. The van der Waals surface area contributed by atoms with Crippen LogP contribution in [0.1, 0.15) is 37.9 Å². The lowest BCUT2D eigenvalue weighted by Crippen LogP contribution is -2.50. The average molecular weight is 431 g/mol. The van der Waals surface area contributed by atoms with Crippen LogP contribution in [-0.4, -0.2) is 21.8 Å². The van der Waals surface area contributed by atoms with Crippen molar-refractivity contribution in [3.05, 3.63) is 69.4 Å². The summed E-state index contributed by atoms with van der Waals surface area (Å²) in [5, 5.41) is 11.0. The summed E-state index contributed by atoms with van der Waals surface area (Å²) in [7, 11) is 0. The van der Waals surface area contributed by atoms with Crippen LogP contribution in [0.4, 0.5) is 4.39 Å². The molecule has 29 heavy (non-hydrogen) atoms. The van der Waals surface area contributed by atoms with Crippen LogP contribution in [0.2, 0.25) is 5.02 Å². The van der Waals surface area contributed by atoms with E-state index in [1.165, 1.54) is 22.8 Å². The van der Waals surface area contributed by atoms with Gasteiger partial charge in [0.1, 0.15) is 11.5 Å². The Kier molecular flexibility index (Phi) is 5.87. The lowest BCUT2D eigenvalue weighted by atomic mass is 10.1. The van der Waals surface area contributed by atoms with Crippen LogP contribution in [0.15, 0.2) is 52.6 Å². The summed E-state index contributed by atoms with van der Waals surface area (Å²) in [5.74, 6) is 0.0794. The summed E-state index contributed by atoms with van der Waals surface area (Å²) in [6.45, 7) is 2.14. The highest BCUT2D eigenvalue weighted by molar-refractivity contribution is 8.13. The fourth-order valence-corrected chi connectivity index (χ4v) is 4.47. The van der Waals surface area contributed by atoms with Crippen LogP contribution in [0.3, 0.4) is 0 Å². The quantitative estimate of drug-likeness (QED) is 0.738. The van der Waals surface area contributed by atoms with Crippen molar-refractivity contribution in [3.8, 4) is 0 Å². The van der Waals surface area contributed by atoms with Gasteiger partial charge in [0.2, 0.25) is 0 Å². The van der Waals surface area contributed by atoms with Gasteiger partial charge in [0.05, 0.1) is 15.9 Å². The van der Waals surface area contributed by atoms with Crippen LogP contribution >= 0.6 is 23.4 Å². The smallest absolute Gasteiger partial charge is 0.276 e. The third kappa shape index (κ3) is 3.89. The van der Waals surface area contributed by atoms with Crippen LogP contribution in [0.5, 0.6) is 0 Å². The Morgan fingerprint density at radius 3 is 2.83 bits per heavy atom. The Bertz CT molecular complexity index is 1080. The minimum atomic E-state index is -0.856. The SMILES string of the molecule is CCCCCSC1=NN2C(=c3ccccc3=N[C@@H]2c2c(F)cccc2Cl)C(=O)N1. The van der Waals surface area contributed by atoms with Gasteiger partial charge in [-0.1, -0.05) is 67.4 Å². The van der Waals surface area contributed by atoms with Gasteiger partial charge in [-0.3, -0.25) is 15.1 Å². The Labute approximate surface area is 177 Å². The van der Waals surface area contributed by atoms with E-state index in [0.717, 1.165) is 25.0 Å². The Hall–Kier alpha value is -2.38. The van der Waals surface area contributed by atoms with E-state index in [1.807, 2.05) is 18.2 Å². The normalized spacial score (nSPS) is 17.8. The number of amidine groups is 1. The van der Waals surface area contributed by atoms with E-state index in [2.05, 4.69) is 22.3 Å². The van der Waals surface area contributed by atoms with Crippen molar-refractivity contribution in [2.75, 3.05) is 5.75 Å². The second-order valence-corrected chi connectivity index (χ2v) is 8.25. The summed E-state index contributed by atoms with van der Waals surface area (Å²) < 4.78 is 14.7. The van der Waals surface area contributed by atoms with E-state index in [1.54, 1.807) is 18.2 Å². The predicted octanol–water partition coefficient (Wildman–Crippen LogP) is 3.55. The monoisotopic (exact) mass is 430 g/mol. The maximum atomic E-state index is 14.7. The van der Waals surface area contributed by atoms with Crippen molar-refractivity contribution < 1.29 is 9.18 Å². The van der Waals surface area contributed by atoms with Crippen LogP contribution < -0.4 is 15.9 Å². The molecule has 8 heteroatoms. The number of hydrogen-bond acceptors (Lipinski definition) is 5. The van der Waals surface area contributed by atoms with Gasteiger partial charge in [-0.05, 0) is 24.6 Å². The zero-order chi connectivity index (χ0) is 20.4. The molecule has 0 fully saturated rings. The lowest BCUT2D eigenvalue weighted by Gasteiger charge is -2.34. The van der Waals surface area contributed by atoms with Gasteiger partial charge in [-0.15, -0.1) is 5.10 Å². The number of halogens is 2. The van der Waals surface area contributed by atoms with Crippen molar-refractivity contribution in [3.63, 3.8) is 0 Å². The molecule has 1 N–H and O–H groups in total. The molecule has 5 nitrogen and oxygen atoms in total. The summed E-state index contributed by atoms with van der Waals surface area (Å²) in [5.41, 5.74) is 0.549. The van der Waals surface area contributed by atoms with E-state index in [9.17, 15) is 9.18 Å². The molecule has 0 saturated carbocycles. The topological polar surface area (TPSA) is 57.1 Å². The number of thioether (sulfide) groups is 1. The molecule has 0 aliphatic carbocycles. The second kappa shape index (κ2) is 8.55. The number of nitrogens with zero attached hydrogens (tertiary/aromatic N) is 3. The summed E-state index contributed by atoms with van der Waals surface area (Å²) in [4.78, 5) is 17.7. The number of benzene rings is 2.